The van der Waals surface area contributed by atoms with Crippen LogP contribution in [0.1, 0.15) is 42.3 Å². The van der Waals surface area contributed by atoms with Gasteiger partial charge >= 0.3 is 5.97 Å². The van der Waals surface area contributed by atoms with Gasteiger partial charge in [0.1, 0.15) is 0 Å². The van der Waals surface area contributed by atoms with Crippen LogP contribution < -0.4 is 0 Å². The summed E-state index contributed by atoms with van der Waals surface area (Å²) in [6.07, 6.45) is 3.00. The number of likely N-dealkylation sites (tertiary alicyclic amines) is 1. The van der Waals surface area contributed by atoms with Crippen LogP contribution in [-0.2, 0) is 14.3 Å². The summed E-state index contributed by atoms with van der Waals surface area (Å²) in [4.78, 5) is 26.4. The summed E-state index contributed by atoms with van der Waals surface area (Å²) < 4.78 is 15.9. The summed E-state index contributed by atoms with van der Waals surface area (Å²) in [5.41, 5.74) is 0.822. The third-order valence-corrected chi connectivity index (χ3v) is 4.68. The van der Waals surface area contributed by atoms with Crippen LogP contribution in [0.2, 0.25) is 0 Å². The lowest BCUT2D eigenvalue weighted by Crippen LogP contribution is -2.53. The van der Waals surface area contributed by atoms with E-state index in [-0.39, 0.29) is 30.1 Å². The Morgan fingerprint density at radius 1 is 1.36 bits per heavy atom. The molecule has 22 heavy (non-hydrogen) atoms. The first kappa shape index (κ1) is 15.1. The Bertz CT molecular complexity index is 581. The molecule has 1 aromatic rings. The molecule has 0 aliphatic carbocycles. The number of carbonyl (C=O) groups excluding carboxylic acids is 2. The summed E-state index contributed by atoms with van der Waals surface area (Å²) in [5.74, 6) is -0.128. The van der Waals surface area contributed by atoms with Gasteiger partial charge in [0.2, 0.25) is 0 Å². The molecule has 0 aromatic carbocycles. The number of hydrogen-bond acceptors (Lipinski definition) is 5. The number of hydrogen-bond donors (Lipinski definition) is 0. The lowest BCUT2D eigenvalue weighted by atomic mass is 9.92. The van der Waals surface area contributed by atoms with Gasteiger partial charge in [-0.3, -0.25) is 4.79 Å². The van der Waals surface area contributed by atoms with Crippen molar-refractivity contribution in [2.75, 3.05) is 7.11 Å². The van der Waals surface area contributed by atoms with Crippen LogP contribution in [0.4, 0.5) is 0 Å². The van der Waals surface area contributed by atoms with Gasteiger partial charge in [0, 0.05) is 18.0 Å². The molecule has 0 saturated carbocycles. The monoisotopic (exact) mass is 307 g/mol. The third kappa shape index (κ3) is 2.41. The normalized spacial score (nSPS) is 31.0. The molecule has 3 rings (SSSR count). The van der Waals surface area contributed by atoms with E-state index in [1.807, 2.05) is 18.7 Å². The zero-order chi connectivity index (χ0) is 15.9. The van der Waals surface area contributed by atoms with Crippen LogP contribution >= 0.6 is 0 Å². The minimum absolute atomic E-state index is 0.0956. The van der Waals surface area contributed by atoms with Crippen LogP contribution in [-0.4, -0.2) is 48.2 Å². The molecule has 120 valence electrons. The highest BCUT2D eigenvalue weighted by molar-refractivity contribution is 5.93. The first-order chi connectivity index (χ1) is 10.5. The van der Waals surface area contributed by atoms with Gasteiger partial charge in [-0.05, 0) is 32.8 Å². The molecule has 6 nitrogen and oxygen atoms in total. The number of carbonyl (C=O) groups is 2. The molecular formula is C16H21NO5. The maximum absolute atomic E-state index is 12.8. The van der Waals surface area contributed by atoms with Gasteiger partial charge in [-0.2, -0.15) is 0 Å². The molecule has 0 unspecified atom stereocenters. The molecular weight excluding hydrogens is 286 g/mol. The fourth-order valence-electron chi connectivity index (χ4n) is 3.50. The molecule has 0 bridgehead atoms. The Morgan fingerprint density at radius 3 is 2.77 bits per heavy atom. The number of fused-ring (bicyclic) bond motifs is 1. The number of nitrogens with zero attached hydrogens (tertiary/aromatic N) is 1. The van der Waals surface area contributed by atoms with Crippen molar-refractivity contribution in [2.24, 2.45) is 0 Å². The van der Waals surface area contributed by atoms with Gasteiger partial charge in [-0.1, -0.05) is 0 Å². The number of piperidine rings is 1. The van der Waals surface area contributed by atoms with Crippen molar-refractivity contribution < 1.29 is 23.5 Å². The highest BCUT2D eigenvalue weighted by Gasteiger charge is 2.48. The predicted octanol–water partition coefficient (Wildman–Crippen LogP) is 1.91. The molecule has 2 aliphatic heterocycles. The molecule has 1 aromatic heterocycles. The zero-order valence-electron chi connectivity index (χ0n) is 13.1. The van der Waals surface area contributed by atoms with E-state index in [2.05, 4.69) is 0 Å². The second kappa shape index (κ2) is 5.76. The van der Waals surface area contributed by atoms with Crippen molar-refractivity contribution in [1.82, 2.24) is 4.90 Å². The maximum Gasteiger partial charge on any atom is 0.335 e. The summed E-state index contributed by atoms with van der Waals surface area (Å²) in [6, 6.07) is 1.77. The summed E-state index contributed by atoms with van der Waals surface area (Å²) in [7, 11) is 1.35. The lowest BCUT2D eigenvalue weighted by Gasteiger charge is -2.41. The van der Waals surface area contributed by atoms with E-state index in [4.69, 9.17) is 13.9 Å². The van der Waals surface area contributed by atoms with E-state index in [1.54, 1.807) is 6.07 Å². The van der Waals surface area contributed by atoms with Crippen molar-refractivity contribution in [1.29, 1.82) is 0 Å². The average molecular weight is 307 g/mol. The minimum Gasteiger partial charge on any atom is -0.467 e. The van der Waals surface area contributed by atoms with E-state index in [0.29, 0.717) is 12.2 Å². The number of aryl methyl sites for hydroxylation is 1. The van der Waals surface area contributed by atoms with Crippen LogP contribution in [0.3, 0.4) is 0 Å². The lowest BCUT2D eigenvalue weighted by molar-refractivity contribution is -0.153. The van der Waals surface area contributed by atoms with Crippen LogP contribution in [0.25, 0.3) is 0 Å². The maximum atomic E-state index is 12.8. The Hall–Kier alpha value is -1.82. The van der Waals surface area contributed by atoms with Gasteiger partial charge in [0.05, 0.1) is 25.5 Å². The van der Waals surface area contributed by atoms with Crippen LogP contribution in [0.5, 0.6) is 0 Å². The number of esters is 1. The SMILES string of the molecule is COC(=O)[C@@H]1C[C@@H]2[C@@H](CC[C@@H](C)N2C(=O)c2occc2C)O1. The van der Waals surface area contributed by atoms with Crippen molar-refractivity contribution in [3.05, 3.63) is 23.7 Å². The van der Waals surface area contributed by atoms with E-state index in [0.717, 1.165) is 18.4 Å². The molecule has 0 radical (unpaired) electrons. The molecule has 0 spiro atoms. The van der Waals surface area contributed by atoms with Crippen molar-refractivity contribution in [2.45, 2.75) is 57.4 Å². The highest BCUT2D eigenvalue weighted by Crippen LogP contribution is 2.36. The van der Waals surface area contributed by atoms with Gasteiger partial charge in [-0.15, -0.1) is 0 Å². The first-order valence-corrected chi connectivity index (χ1v) is 7.63. The van der Waals surface area contributed by atoms with E-state index >= 15 is 0 Å². The predicted molar refractivity (Wildman–Crippen MR) is 77.4 cm³/mol. The first-order valence-electron chi connectivity index (χ1n) is 7.63. The van der Waals surface area contributed by atoms with Crippen molar-refractivity contribution >= 4 is 11.9 Å². The van der Waals surface area contributed by atoms with Crippen molar-refractivity contribution in [3.63, 3.8) is 0 Å². The molecule has 4 atom stereocenters. The van der Waals surface area contributed by atoms with Crippen molar-refractivity contribution in [3.8, 4) is 0 Å². The Kier molecular flexibility index (Phi) is 3.95. The molecule has 0 N–H and O–H groups in total. The van der Waals surface area contributed by atoms with E-state index in [9.17, 15) is 9.59 Å². The molecule has 2 saturated heterocycles. The largest absolute Gasteiger partial charge is 0.467 e. The van der Waals surface area contributed by atoms with Gasteiger partial charge in [-0.25, -0.2) is 4.79 Å². The van der Waals surface area contributed by atoms with E-state index < -0.39 is 6.10 Å². The molecule has 2 fully saturated rings. The quantitative estimate of drug-likeness (QED) is 0.781. The number of rotatable bonds is 2. The fraction of sp³-hybridized carbons (Fsp3) is 0.625. The highest BCUT2D eigenvalue weighted by atomic mass is 16.6. The van der Waals surface area contributed by atoms with Crippen LogP contribution in [0.15, 0.2) is 16.7 Å². The minimum atomic E-state index is -0.585. The standard InChI is InChI=1S/C16H21NO5/c1-9-6-7-21-14(9)15(18)17-10(2)4-5-12-11(17)8-13(22-12)16(19)20-3/h6-7,10-13H,4-5,8H2,1-3H3/t10-,11-,12-,13+/m1/s1. The van der Waals surface area contributed by atoms with Gasteiger partial charge in [0.15, 0.2) is 11.9 Å². The third-order valence-electron chi connectivity index (χ3n) is 4.68. The van der Waals surface area contributed by atoms with Crippen LogP contribution in [0, 0.1) is 6.92 Å². The van der Waals surface area contributed by atoms with E-state index in [1.165, 1.54) is 13.4 Å². The fourth-order valence-corrected chi connectivity index (χ4v) is 3.50. The molecule has 2 aliphatic rings. The average Bonchev–Trinajstić information content (AvgIpc) is 3.11. The Labute approximate surface area is 129 Å². The second-order valence-electron chi connectivity index (χ2n) is 6.06. The summed E-state index contributed by atoms with van der Waals surface area (Å²) in [6.45, 7) is 3.88. The Morgan fingerprint density at radius 2 is 2.14 bits per heavy atom. The second-order valence-corrected chi connectivity index (χ2v) is 6.06. The Balaban J connectivity index is 1.84. The molecule has 1 amide bonds. The number of amides is 1. The van der Waals surface area contributed by atoms with Gasteiger partial charge in [0.25, 0.3) is 5.91 Å². The topological polar surface area (TPSA) is 69.0 Å². The molecule has 3 heterocycles. The molecule has 6 heteroatoms. The number of ether oxygens (including phenoxy) is 2. The number of furan rings is 1. The summed E-state index contributed by atoms with van der Waals surface area (Å²) in [5, 5.41) is 0. The number of methoxy groups -OCH3 is 1. The zero-order valence-corrected chi connectivity index (χ0v) is 13.1. The van der Waals surface area contributed by atoms with Gasteiger partial charge < -0.3 is 18.8 Å². The summed E-state index contributed by atoms with van der Waals surface area (Å²) >= 11 is 0. The smallest absolute Gasteiger partial charge is 0.335 e.